The maximum atomic E-state index is 12.8. The number of hydrogen-bond donors (Lipinski definition) is 0. The van der Waals surface area contributed by atoms with Crippen LogP contribution in [0.1, 0.15) is 60.9 Å². The third-order valence-electron chi connectivity index (χ3n) is 5.89. The molecular formula is C25H24Cl2NOTi. The van der Waals surface area contributed by atoms with Crippen molar-refractivity contribution in [3.8, 4) is 11.1 Å². The van der Waals surface area contributed by atoms with Gasteiger partial charge in [0, 0.05) is 0 Å². The van der Waals surface area contributed by atoms with Crippen LogP contribution >= 0.6 is 18.6 Å². The van der Waals surface area contributed by atoms with Gasteiger partial charge in [-0.25, -0.2) is 0 Å². The van der Waals surface area contributed by atoms with Gasteiger partial charge in [0.05, 0.1) is 0 Å². The number of halogens is 2. The Labute approximate surface area is 192 Å². The van der Waals surface area contributed by atoms with E-state index in [0.717, 1.165) is 12.0 Å². The molecule has 1 aliphatic rings. The molecule has 0 heterocycles. The maximum absolute atomic E-state index is 12.8. The Morgan fingerprint density at radius 3 is 1.93 bits per heavy atom. The number of fused-ring (bicyclic) bond motifs is 3. The molecule has 0 spiro atoms. The van der Waals surface area contributed by atoms with Gasteiger partial charge in [-0.1, -0.05) is 0 Å². The Morgan fingerprint density at radius 1 is 0.900 bits per heavy atom. The third-order valence-corrected chi connectivity index (χ3v) is 8.96. The molecule has 0 N–H and O–H groups in total. The van der Waals surface area contributed by atoms with Crippen molar-refractivity contribution >= 4 is 24.5 Å². The van der Waals surface area contributed by atoms with Crippen molar-refractivity contribution in [3.05, 3.63) is 95.1 Å². The Kier molecular flexibility index (Phi) is 6.70. The van der Waals surface area contributed by atoms with Crippen molar-refractivity contribution in [2.45, 2.75) is 38.6 Å². The van der Waals surface area contributed by atoms with Crippen molar-refractivity contribution in [1.29, 1.82) is 0 Å². The Balaban J connectivity index is 1.84. The van der Waals surface area contributed by atoms with E-state index >= 15 is 0 Å². The van der Waals surface area contributed by atoms with Crippen LogP contribution in [0.5, 0.6) is 0 Å². The van der Waals surface area contributed by atoms with Gasteiger partial charge in [-0.2, -0.15) is 0 Å². The molecule has 1 atom stereocenters. The summed E-state index contributed by atoms with van der Waals surface area (Å²) in [6.45, 7) is 4.06. The summed E-state index contributed by atoms with van der Waals surface area (Å²) >= 11 is -2.66. The Bertz CT molecular complexity index is 1020. The van der Waals surface area contributed by atoms with E-state index in [-0.39, 0.29) is 17.9 Å². The molecule has 0 aromatic heterocycles. The number of carbonyl (C=O) groups is 1. The van der Waals surface area contributed by atoms with Crippen molar-refractivity contribution in [1.82, 2.24) is 3.38 Å². The summed E-state index contributed by atoms with van der Waals surface area (Å²) in [5, 5.41) is 0. The third kappa shape index (κ3) is 3.87. The Hall–Kier alpha value is -1.58. The first kappa shape index (κ1) is 21.6. The van der Waals surface area contributed by atoms with Crippen LogP contribution in [0, 0.1) is 0 Å². The van der Waals surface area contributed by atoms with Crippen molar-refractivity contribution in [2.75, 3.05) is 0 Å². The van der Waals surface area contributed by atoms with Crippen molar-refractivity contribution < 1.29 is 20.8 Å². The molecule has 0 fully saturated rings. The van der Waals surface area contributed by atoms with Gasteiger partial charge in [-0.3, -0.25) is 0 Å². The summed E-state index contributed by atoms with van der Waals surface area (Å²) in [7, 11) is 12.9. The fourth-order valence-corrected chi connectivity index (χ4v) is 7.70. The molecule has 4 rings (SSSR count). The summed E-state index contributed by atoms with van der Waals surface area (Å²) in [5.74, 6) is 0.181. The number of rotatable bonds is 6. The number of amides is 1. The first-order chi connectivity index (χ1) is 14.5. The van der Waals surface area contributed by atoms with Crippen LogP contribution in [-0.2, 0) is 20.8 Å². The van der Waals surface area contributed by atoms with Gasteiger partial charge >= 0.3 is 194 Å². The van der Waals surface area contributed by atoms with Gasteiger partial charge in [0.1, 0.15) is 0 Å². The van der Waals surface area contributed by atoms with Gasteiger partial charge in [0.15, 0.2) is 0 Å². The minimum absolute atomic E-state index is 0.0482. The van der Waals surface area contributed by atoms with E-state index in [0.29, 0.717) is 6.42 Å². The van der Waals surface area contributed by atoms with Crippen LogP contribution in [0.15, 0.2) is 72.8 Å². The Morgan fingerprint density at radius 2 is 1.40 bits per heavy atom. The van der Waals surface area contributed by atoms with E-state index in [1.165, 1.54) is 27.8 Å². The van der Waals surface area contributed by atoms with Crippen molar-refractivity contribution in [3.63, 3.8) is 0 Å². The second kappa shape index (κ2) is 9.28. The molecule has 3 aromatic rings. The number of carbonyl (C=O) groups excluding carboxylic acids is 1. The van der Waals surface area contributed by atoms with E-state index in [1.807, 2.05) is 13.0 Å². The van der Waals surface area contributed by atoms with Gasteiger partial charge in [-0.15, -0.1) is 0 Å². The molecule has 1 amide bonds. The molecule has 1 unspecified atom stereocenters. The van der Waals surface area contributed by atoms with Crippen LogP contribution in [0.3, 0.4) is 0 Å². The van der Waals surface area contributed by atoms with E-state index in [4.69, 9.17) is 18.6 Å². The summed E-state index contributed by atoms with van der Waals surface area (Å²) in [4.78, 5) is 12.8. The molecule has 5 heteroatoms. The molecule has 153 valence electrons. The van der Waals surface area contributed by atoms with Gasteiger partial charge < -0.3 is 0 Å². The molecule has 2 nitrogen and oxygen atoms in total. The second-order valence-corrected chi connectivity index (χ2v) is 12.9. The predicted octanol–water partition coefficient (Wildman–Crippen LogP) is 7.38. The zero-order valence-electron chi connectivity index (χ0n) is 17.1. The summed E-state index contributed by atoms with van der Waals surface area (Å²) < 4.78 is 1.76. The van der Waals surface area contributed by atoms with Crippen LogP contribution in [0.25, 0.3) is 11.1 Å². The molecule has 0 saturated heterocycles. The first-order valence-electron chi connectivity index (χ1n) is 10.3. The van der Waals surface area contributed by atoms with E-state index in [2.05, 4.69) is 73.7 Å². The van der Waals surface area contributed by atoms with E-state index < -0.39 is 16.0 Å². The van der Waals surface area contributed by atoms with Crippen LogP contribution < -0.4 is 0 Å². The summed E-state index contributed by atoms with van der Waals surface area (Å²) in [6.07, 6.45) is 1.25. The summed E-state index contributed by atoms with van der Waals surface area (Å²) in [6, 6.07) is 25.4. The fourth-order valence-electron chi connectivity index (χ4n) is 4.57. The normalized spacial score (nSPS) is 13.5. The quantitative estimate of drug-likeness (QED) is 0.268. The SMILES string of the molecule is CCCC(=O)[N](C(C)c1ccccc1C1c2ccccc2-c2ccccc21)[Ti]([Cl])[Cl]. The number of nitrogens with zero attached hydrogens (tertiary/aromatic N) is 1. The number of hydrogen-bond acceptors (Lipinski definition) is 1. The van der Waals surface area contributed by atoms with Crippen LogP contribution in [0.2, 0.25) is 0 Å². The minimum atomic E-state index is -2.66. The standard InChI is InChI=1S/C25H25NO.2ClH.Ti/c1-3-10-24(27)26-17(2)18-11-4-7-14-21(18)25-22-15-8-5-12-19(22)20-13-6-9-16-23(20)25;;;/h4-9,11-17,25H,3,10H2,1-2H3,(H,26,27);2*1H;/q;;;+3/p-3. The average molecular weight is 473 g/mol. The zero-order valence-corrected chi connectivity index (χ0v) is 20.2. The van der Waals surface area contributed by atoms with Crippen LogP contribution in [0.4, 0.5) is 0 Å². The van der Waals surface area contributed by atoms with Crippen LogP contribution in [-0.4, -0.2) is 9.29 Å². The molecule has 0 bridgehead atoms. The molecule has 1 aliphatic carbocycles. The summed E-state index contributed by atoms with van der Waals surface area (Å²) in [5.41, 5.74) is 7.50. The monoisotopic (exact) mass is 472 g/mol. The molecule has 0 radical (unpaired) electrons. The van der Waals surface area contributed by atoms with E-state index in [9.17, 15) is 4.79 Å². The number of benzene rings is 3. The topological polar surface area (TPSA) is 20.3 Å². The second-order valence-electron chi connectivity index (χ2n) is 7.67. The molecule has 3 aromatic carbocycles. The van der Waals surface area contributed by atoms with Crippen molar-refractivity contribution in [2.24, 2.45) is 0 Å². The fraction of sp³-hybridized carbons (Fsp3) is 0.240. The molecule has 0 saturated carbocycles. The molecular weight excluding hydrogens is 449 g/mol. The van der Waals surface area contributed by atoms with Gasteiger partial charge in [-0.05, 0) is 0 Å². The molecule has 30 heavy (non-hydrogen) atoms. The zero-order chi connectivity index (χ0) is 21.3. The van der Waals surface area contributed by atoms with E-state index in [1.54, 1.807) is 3.38 Å². The predicted molar refractivity (Wildman–Crippen MR) is 121 cm³/mol. The first-order valence-corrected chi connectivity index (χ1v) is 15.3. The average Bonchev–Trinajstić information content (AvgIpc) is 3.08. The van der Waals surface area contributed by atoms with Gasteiger partial charge in [0.2, 0.25) is 0 Å². The van der Waals surface area contributed by atoms with Gasteiger partial charge in [0.25, 0.3) is 0 Å². The molecule has 0 aliphatic heterocycles.